The number of hydrogen-bond donors (Lipinski definition) is 1. The number of carboxylic acids is 1. The molecule has 0 unspecified atom stereocenters. The Hall–Kier alpha value is -0.510. The van der Waals surface area contributed by atoms with Crippen molar-refractivity contribution >= 4 is 22.8 Å². The molecule has 0 aliphatic carbocycles. The van der Waals surface area contributed by atoms with Crippen LogP contribution >= 0.6 is 11.8 Å². The van der Waals surface area contributed by atoms with Crippen LogP contribution in [0.4, 0.5) is 0 Å². The molecule has 0 aromatic heterocycles. The third-order valence-corrected chi connectivity index (χ3v) is 1.73. The van der Waals surface area contributed by atoms with Crippen molar-refractivity contribution in [1.82, 2.24) is 0 Å². The lowest BCUT2D eigenvalue weighted by molar-refractivity contribution is -0.129. The van der Waals surface area contributed by atoms with Crippen LogP contribution in [0.3, 0.4) is 0 Å². The number of hydrogen-bond acceptors (Lipinski definition) is 3. The van der Waals surface area contributed by atoms with E-state index in [1.807, 2.05) is 0 Å². The van der Waals surface area contributed by atoms with Gasteiger partial charge in [0.1, 0.15) is 0 Å². The average molecular weight is 131 g/mol. The van der Waals surface area contributed by atoms with Crippen LogP contribution in [-0.2, 0) is 4.79 Å². The highest BCUT2D eigenvalue weighted by Gasteiger charge is 2.13. The van der Waals surface area contributed by atoms with Crippen LogP contribution in [0, 0.1) is 0 Å². The maximum absolute atomic E-state index is 10.0. The van der Waals surface area contributed by atoms with Crippen molar-refractivity contribution in [3.63, 3.8) is 0 Å². The Morgan fingerprint density at radius 1 is 1.88 bits per heavy atom. The van der Waals surface area contributed by atoms with E-state index < -0.39 is 5.97 Å². The molecule has 1 N–H and O–H groups in total. The molecule has 1 aliphatic rings. The van der Waals surface area contributed by atoms with Gasteiger partial charge in [-0.15, -0.1) is 0 Å². The van der Waals surface area contributed by atoms with Crippen LogP contribution in [0.1, 0.15) is 0 Å². The van der Waals surface area contributed by atoms with E-state index in [2.05, 4.69) is 4.99 Å². The zero-order valence-corrected chi connectivity index (χ0v) is 4.94. The van der Waals surface area contributed by atoms with Crippen molar-refractivity contribution in [1.29, 1.82) is 0 Å². The van der Waals surface area contributed by atoms with E-state index in [0.29, 0.717) is 6.54 Å². The quantitative estimate of drug-likeness (QED) is 0.553. The minimum atomic E-state index is -0.896. The second-order valence-electron chi connectivity index (χ2n) is 1.34. The first kappa shape index (κ1) is 5.62. The van der Waals surface area contributed by atoms with Crippen LogP contribution in [0.25, 0.3) is 0 Å². The maximum Gasteiger partial charge on any atom is 0.360 e. The van der Waals surface area contributed by atoms with Crippen LogP contribution in [0.5, 0.6) is 0 Å². The maximum atomic E-state index is 10.0. The van der Waals surface area contributed by atoms with Crippen LogP contribution in [0.2, 0.25) is 0 Å². The molecule has 0 atom stereocenters. The van der Waals surface area contributed by atoms with Crippen molar-refractivity contribution in [2.24, 2.45) is 4.99 Å². The fourth-order valence-electron chi connectivity index (χ4n) is 0.465. The van der Waals surface area contributed by atoms with Crippen molar-refractivity contribution in [2.45, 2.75) is 0 Å². The Labute approximate surface area is 50.8 Å². The molecule has 0 bridgehead atoms. The van der Waals surface area contributed by atoms with Crippen LogP contribution in [0.15, 0.2) is 4.99 Å². The second kappa shape index (κ2) is 2.17. The van der Waals surface area contributed by atoms with Crippen molar-refractivity contribution in [2.75, 3.05) is 12.3 Å². The van der Waals surface area contributed by atoms with E-state index in [1.165, 1.54) is 11.8 Å². The van der Waals surface area contributed by atoms with E-state index in [9.17, 15) is 4.79 Å². The molecule has 0 radical (unpaired) electrons. The Balaban J connectivity index is 2.57. The summed E-state index contributed by atoms with van der Waals surface area (Å²) in [6, 6.07) is 0. The number of aliphatic imine (C=N–C) groups is 1. The highest BCUT2D eigenvalue weighted by Crippen LogP contribution is 2.10. The summed E-state index contributed by atoms with van der Waals surface area (Å²) in [6.07, 6.45) is 0. The molecule has 1 rings (SSSR count). The van der Waals surface area contributed by atoms with E-state index in [0.717, 1.165) is 5.75 Å². The number of rotatable bonds is 1. The molecule has 4 heteroatoms. The van der Waals surface area contributed by atoms with Gasteiger partial charge in [0.15, 0.2) is 5.04 Å². The monoisotopic (exact) mass is 131 g/mol. The highest BCUT2D eigenvalue weighted by molar-refractivity contribution is 8.15. The first-order valence-electron chi connectivity index (χ1n) is 2.21. The summed E-state index contributed by atoms with van der Waals surface area (Å²) in [5.74, 6) is -0.0748. The Morgan fingerprint density at radius 2 is 2.62 bits per heavy atom. The van der Waals surface area contributed by atoms with Gasteiger partial charge in [0.05, 0.1) is 0 Å². The summed E-state index contributed by atoms with van der Waals surface area (Å²) >= 11 is 1.30. The average Bonchev–Trinajstić information content (AvgIpc) is 2.12. The van der Waals surface area contributed by atoms with Gasteiger partial charge in [0.25, 0.3) is 0 Å². The Morgan fingerprint density at radius 3 is 2.88 bits per heavy atom. The van der Waals surface area contributed by atoms with Gasteiger partial charge >= 0.3 is 5.97 Å². The lowest BCUT2D eigenvalue weighted by atomic mass is 10.7. The van der Waals surface area contributed by atoms with Gasteiger partial charge < -0.3 is 5.11 Å². The summed E-state index contributed by atoms with van der Waals surface area (Å²) in [7, 11) is 0. The lowest BCUT2D eigenvalue weighted by Crippen LogP contribution is -2.04. The van der Waals surface area contributed by atoms with Gasteiger partial charge in [-0.25, -0.2) is 4.79 Å². The molecule has 8 heavy (non-hydrogen) atoms. The van der Waals surface area contributed by atoms with Gasteiger partial charge in [0.2, 0.25) is 0 Å². The molecular formula is C4H5NO2S. The topological polar surface area (TPSA) is 49.7 Å². The van der Waals surface area contributed by atoms with Gasteiger partial charge in [-0.05, 0) is 0 Å². The SMILES string of the molecule is O=C(O)C1=NCCS1. The van der Waals surface area contributed by atoms with Crippen molar-refractivity contribution in [3.05, 3.63) is 0 Å². The number of nitrogens with zero attached hydrogens (tertiary/aromatic N) is 1. The fraction of sp³-hybridized carbons (Fsp3) is 0.500. The summed E-state index contributed by atoms with van der Waals surface area (Å²) in [5.41, 5.74) is 0. The standard InChI is InChI=1S/C4H5NO2S/c6-4(7)3-5-1-2-8-3/h1-2H2,(H,6,7). The molecule has 44 valence electrons. The Kier molecular flexibility index (Phi) is 1.53. The number of carboxylic acid groups (broad SMARTS) is 1. The third kappa shape index (κ3) is 1.01. The zero-order valence-electron chi connectivity index (χ0n) is 4.13. The third-order valence-electron chi connectivity index (χ3n) is 0.768. The largest absolute Gasteiger partial charge is 0.476 e. The zero-order chi connectivity index (χ0) is 5.98. The van der Waals surface area contributed by atoms with Gasteiger partial charge in [-0.1, -0.05) is 11.8 Å². The molecule has 3 nitrogen and oxygen atoms in total. The van der Waals surface area contributed by atoms with E-state index in [4.69, 9.17) is 5.11 Å². The van der Waals surface area contributed by atoms with Crippen LogP contribution in [-0.4, -0.2) is 28.4 Å². The summed E-state index contributed by atoms with van der Waals surface area (Å²) in [4.78, 5) is 13.8. The summed E-state index contributed by atoms with van der Waals surface area (Å²) in [5, 5.41) is 8.52. The predicted octanol–water partition coefficient (Wildman–Crippen LogP) is 0.216. The summed E-state index contributed by atoms with van der Waals surface area (Å²) in [6.45, 7) is 0.659. The van der Waals surface area contributed by atoms with Gasteiger partial charge in [-0.2, -0.15) is 0 Å². The Bertz CT molecular complexity index is 143. The molecule has 0 saturated carbocycles. The molecular weight excluding hydrogens is 126 g/mol. The van der Waals surface area contributed by atoms with Crippen molar-refractivity contribution < 1.29 is 9.90 Å². The first-order valence-corrected chi connectivity index (χ1v) is 3.20. The normalized spacial score (nSPS) is 18.2. The summed E-state index contributed by atoms with van der Waals surface area (Å²) < 4.78 is 0. The molecule has 0 saturated heterocycles. The van der Waals surface area contributed by atoms with E-state index >= 15 is 0 Å². The second-order valence-corrected chi connectivity index (χ2v) is 2.42. The molecule has 0 spiro atoms. The van der Waals surface area contributed by atoms with Crippen LogP contribution < -0.4 is 0 Å². The molecule has 0 fully saturated rings. The van der Waals surface area contributed by atoms with Gasteiger partial charge in [-0.3, -0.25) is 4.99 Å². The fourth-order valence-corrected chi connectivity index (χ4v) is 1.15. The number of carbonyl (C=O) groups is 1. The van der Waals surface area contributed by atoms with E-state index in [1.54, 1.807) is 0 Å². The molecule has 0 aromatic carbocycles. The molecule has 0 aromatic rings. The first-order chi connectivity index (χ1) is 3.80. The van der Waals surface area contributed by atoms with Crippen molar-refractivity contribution in [3.8, 4) is 0 Å². The lowest BCUT2D eigenvalue weighted by Gasteiger charge is -1.84. The van der Waals surface area contributed by atoms with Gasteiger partial charge in [0, 0.05) is 12.3 Å². The smallest absolute Gasteiger partial charge is 0.360 e. The molecule has 1 heterocycles. The highest BCUT2D eigenvalue weighted by atomic mass is 32.2. The molecule has 0 amide bonds. The molecule has 1 aliphatic heterocycles. The number of aliphatic carboxylic acids is 1. The minimum absolute atomic E-state index is 0.255. The predicted molar refractivity (Wildman–Crippen MR) is 32.4 cm³/mol. The minimum Gasteiger partial charge on any atom is -0.476 e. The number of thioether (sulfide) groups is 1. The van der Waals surface area contributed by atoms with E-state index in [-0.39, 0.29) is 5.04 Å².